The SMILES string of the molecule is CC(C(=O)Cc1cc2cc(-c3cncn3C)ccc2cn1)N1CCCCC1. The smallest absolute Gasteiger partial charge is 0.155 e. The van der Waals surface area contributed by atoms with Crippen molar-refractivity contribution >= 4 is 16.6 Å². The van der Waals surface area contributed by atoms with E-state index in [1.54, 1.807) is 6.33 Å². The molecule has 3 aromatic rings. The Balaban J connectivity index is 1.55. The zero-order valence-electron chi connectivity index (χ0n) is 16.1. The van der Waals surface area contributed by atoms with Gasteiger partial charge in [0.25, 0.3) is 0 Å². The van der Waals surface area contributed by atoms with Crippen LogP contribution in [0.15, 0.2) is 43.0 Å². The second kappa shape index (κ2) is 7.61. The van der Waals surface area contributed by atoms with Crippen LogP contribution in [-0.4, -0.2) is 44.3 Å². The van der Waals surface area contributed by atoms with Crippen LogP contribution in [0, 0.1) is 0 Å². The fraction of sp³-hybridized carbons (Fsp3) is 0.409. The van der Waals surface area contributed by atoms with E-state index in [2.05, 4.69) is 39.1 Å². The van der Waals surface area contributed by atoms with Crippen LogP contribution in [0.5, 0.6) is 0 Å². The molecule has 1 fully saturated rings. The summed E-state index contributed by atoms with van der Waals surface area (Å²) in [6.45, 7) is 4.10. The van der Waals surface area contributed by atoms with E-state index in [0.29, 0.717) is 6.42 Å². The largest absolute Gasteiger partial charge is 0.334 e. The maximum absolute atomic E-state index is 12.8. The zero-order valence-corrected chi connectivity index (χ0v) is 16.1. The molecule has 1 aliphatic rings. The molecule has 1 saturated heterocycles. The number of benzene rings is 1. The Kier molecular flexibility index (Phi) is 5.03. The standard InChI is InChI=1S/C22H26N4O/c1-16(26-8-4-3-5-9-26)22(27)12-20-11-19-10-17(6-7-18(19)13-24-20)21-14-23-15-25(21)2/h6-7,10-11,13-16H,3-5,8-9,12H2,1-2H3. The molecule has 0 radical (unpaired) electrons. The number of carbonyl (C=O) groups excluding carboxylic acids is 1. The third kappa shape index (κ3) is 3.78. The van der Waals surface area contributed by atoms with Crippen LogP contribution in [-0.2, 0) is 18.3 Å². The van der Waals surface area contributed by atoms with Gasteiger partial charge in [-0.1, -0.05) is 18.6 Å². The molecule has 0 amide bonds. The monoisotopic (exact) mass is 362 g/mol. The van der Waals surface area contributed by atoms with E-state index in [9.17, 15) is 4.79 Å². The Morgan fingerprint density at radius 3 is 2.67 bits per heavy atom. The van der Waals surface area contributed by atoms with Gasteiger partial charge in [-0.15, -0.1) is 0 Å². The highest BCUT2D eigenvalue weighted by atomic mass is 16.1. The van der Waals surface area contributed by atoms with Crippen LogP contribution < -0.4 is 0 Å². The lowest BCUT2D eigenvalue weighted by atomic mass is 10.0. The summed E-state index contributed by atoms with van der Waals surface area (Å²) in [4.78, 5) is 23.8. The molecule has 3 heterocycles. The topological polar surface area (TPSA) is 51.0 Å². The summed E-state index contributed by atoms with van der Waals surface area (Å²) in [6.07, 6.45) is 9.61. The molecular weight excluding hydrogens is 336 g/mol. The number of hydrogen-bond donors (Lipinski definition) is 0. The molecule has 4 rings (SSSR count). The van der Waals surface area contributed by atoms with Gasteiger partial charge in [-0.05, 0) is 50.4 Å². The number of ketones is 1. The summed E-state index contributed by atoms with van der Waals surface area (Å²) in [6, 6.07) is 8.34. The molecule has 0 aliphatic carbocycles. The zero-order chi connectivity index (χ0) is 18.8. The molecule has 1 aromatic carbocycles. The maximum Gasteiger partial charge on any atom is 0.155 e. The number of rotatable bonds is 5. The number of imidazole rings is 1. The third-order valence-corrected chi connectivity index (χ3v) is 5.65. The van der Waals surface area contributed by atoms with Crippen LogP contribution in [0.25, 0.3) is 22.0 Å². The minimum atomic E-state index is -0.0245. The number of nitrogens with zero attached hydrogens (tertiary/aromatic N) is 4. The summed E-state index contributed by atoms with van der Waals surface area (Å²) in [5.41, 5.74) is 3.04. The molecule has 5 nitrogen and oxygen atoms in total. The van der Waals surface area contributed by atoms with E-state index in [1.165, 1.54) is 19.3 Å². The summed E-state index contributed by atoms with van der Waals surface area (Å²) in [7, 11) is 1.99. The van der Waals surface area contributed by atoms with Crippen molar-refractivity contribution in [2.24, 2.45) is 7.05 Å². The first-order chi connectivity index (χ1) is 13.1. The first-order valence-electron chi connectivity index (χ1n) is 9.74. The summed E-state index contributed by atoms with van der Waals surface area (Å²) in [5.74, 6) is 0.256. The average Bonchev–Trinajstić information content (AvgIpc) is 3.13. The molecule has 0 spiro atoms. The van der Waals surface area contributed by atoms with Crippen LogP contribution >= 0.6 is 0 Å². The van der Waals surface area contributed by atoms with E-state index in [4.69, 9.17) is 0 Å². The highest BCUT2D eigenvalue weighted by Crippen LogP contribution is 2.24. The van der Waals surface area contributed by atoms with Gasteiger partial charge >= 0.3 is 0 Å². The van der Waals surface area contributed by atoms with Gasteiger partial charge in [0, 0.05) is 29.9 Å². The second-order valence-electron chi connectivity index (χ2n) is 7.54. The molecule has 5 heteroatoms. The lowest BCUT2D eigenvalue weighted by molar-refractivity contribution is -0.123. The van der Waals surface area contributed by atoms with Gasteiger partial charge in [0.05, 0.1) is 30.7 Å². The molecular formula is C22H26N4O. The number of hydrogen-bond acceptors (Lipinski definition) is 4. The average molecular weight is 362 g/mol. The lowest BCUT2D eigenvalue weighted by Crippen LogP contribution is -2.42. The van der Waals surface area contributed by atoms with Crippen LogP contribution in [0.3, 0.4) is 0 Å². The minimum Gasteiger partial charge on any atom is -0.334 e. The van der Waals surface area contributed by atoms with E-state index in [-0.39, 0.29) is 11.8 Å². The number of pyridine rings is 1. The third-order valence-electron chi connectivity index (χ3n) is 5.65. The van der Waals surface area contributed by atoms with Crippen molar-refractivity contribution in [3.63, 3.8) is 0 Å². The van der Waals surface area contributed by atoms with Crippen molar-refractivity contribution < 1.29 is 4.79 Å². The molecule has 1 atom stereocenters. The Labute approximate surface area is 160 Å². The Hall–Kier alpha value is -2.53. The normalized spacial score (nSPS) is 16.5. The highest BCUT2D eigenvalue weighted by Gasteiger charge is 2.23. The van der Waals surface area contributed by atoms with Crippen molar-refractivity contribution in [1.82, 2.24) is 19.4 Å². The fourth-order valence-corrected chi connectivity index (χ4v) is 3.91. The molecule has 2 aromatic heterocycles. The van der Waals surface area contributed by atoms with Gasteiger partial charge < -0.3 is 4.57 Å². The Bertz CT molecular complexity index is 956. The second-order valence-corrected chi connectivity index (χ2v) is 7.54. The van der Waals surface area contributed by atoms with Gasteiger partial charge in [0.2, 0.25) is 0 Å². The first-order valence-corrected chi connectivity index (χ1v) is 9.74. The Morgan fingerprint density at radius 1 is 1.11 bits per heavy atom. The van der Waals surface area contributed by atoms with Crippen LogP contribution in [0.2, 0.25) is 0 Å². The number of aromatic nitrogens is 3. The van der Waals surface area contributed by atoms with E-state index in [0.717, 1.165) is 40.8 Å². The van der Waals surface area contributed by atoms with Crippen LogP contribution in [0.4, 0.5) is 0 Å². The van der Waals surface area contributed by atoms with Gasteiger partial charge in [0.1, 0.15) is 0 Å². The van der Waals surface area contributed by atoms with Crippen molar-refractivity contribution in [2.75, 3.05) is 13.1 Å². The Morgan fingerprint density at radius 2 is 1.93 bits per heavy atom. The van der Waals surface area contributed by atoms with Gasteiger partial charge in [-0.3, -0.25) is 14.7 Å². The number of piperidine rings is 1. The minimum absolute atomic E-state index is 0.0245. The van der Waals surface area contributed by atoms with Crippen LogP contribution in [0.1, 0.15) is 31.9 Å². The van der Waals surface area contributed by atoms with E-state index < -0.39 is 0 Å². The molecule has 1 unspecified atom stereocenters. The summed E-state index contributed by atoms with van der Waals surface area (Å²) < 4.78 is 2.01. The quantitative estimate of drug-likeness (QED) is 0.696. The molecule has 140 valence electrons. The molecule has 1 aliphatic heterocycles. The van der Waals surface area contributed by atoms with Crippen molar-refractivity contribution in [3.8, 4) is 11.3 Å². The summed E-state index contributed by atoms with van der Waals surface area (Å²) >= 11 is 0. The first kappa shape index (κ1) is 17.9. The fourth-order valence-electron chi connectivity index (χ4n) is 3.91. The molecule has 0 N–H and O–H groups in total. The number of Topliss-reactive ketones (excluding diaryl/α,β-unsaturated/α-hetero) is 1. The number of carbonyl (C=O) groups is 1. The maximum atomic E-state index is 12.8. The number of fused-ring (bicyclic) bond motifs is 1. The number of aryl methyl sites for hydroxylation is 1. The summed E-state index contributed by atoms with van der Waals surface area (Å²) in [5, 5.41) is 2.19. The van der Waals surface area contributed by atoms with Crippen molar-refractivity contribution in [1.29, 1.82) is 0 Å². The van der Waals surface area contributed by atoms with E-state index >= 15 is 0 Å². The number of likely N-dealkylation sites (tertiary alicyclic amines) is 1. The molecule has 27 heavy (non-hydrogen) atoms. The molecule has 0 bridgehead atoms. The lowest BCUT2D eigenvalue weighted by Gasteiger charge is -2.31. The van der Waals surface area contributed by atoms with Gasteiger partial charge in [-0.25, -0.2) is 4.98 Å². The van der Waals surface area contributed by atoms with Crippen molar-refractivity contribution in [2.45, 2.75) is 38.6 Å². The van der Waals surface area contributed by atoms with Gasteiger partial charge in [0.15, 0.2) is 5.78 Å². The van der Waals surface area contributed by atoms with E-state index in [1.807, 2.05) is 30.9 Å². The highest BCUT2D eigenvalue weighted by molar-refractivity contribution is 5.89. The molecule has 0 saturated carbocycles. The predicted molar refractivity (Wildman–Crippen MR) is 108 cm³/mol. The van der Waals surface area contributed by atoms with Crippen molar-refractivity contribution in [3.05, 3.63) is 48.7 Å². The predicted octanol–water partition coefficient (Wildman–Crippen LogP) is 3.62. The van der Waals surface area contributed by atoms with Gasteiger partial charge in [-0.2, -0.15) is 0 Å².